The number of carbonyl (C=O) groups is 1. The van der Waals surface area contributed by atoms with E-state index in [4.69, 9.17) is 4.74 Å². The number of ether oxygens (including phenoxy) is 1. The second kappa shape index (κ2) is 5.21. The third kappa shape index (κ3) is 2.20. The zero-order chi connectivity index (χ0) is 17.2. The van der Waals surface area contributed by atoms with Crippen LogP contribution < -0.4 is 5.32 Å². The zero-order valence-corrected chi connectivity index (χ0v) is 14.3. The molecule has 0 radical (unpaired) electrons. The number of carboxylic acids is 1. The summed E-state index contributed by atoms with van der Waals surface area (Å²) in [6, 6.07) is 2.22. The minimum absolute atomic E-state index is 0.0615. The highest BCUT2D eigenvalue weighted by Crippen LogP contribution is 2.57. The van der Waals surface area contributed by atoms with E-state index in [0.29, 0.717) is 23.6 Å². The van der Waals surface area contributed by atoms with Crippen LogP contribution in [-0.2, 0) is 4.74 Å². The summed E-state index contributed by atoms with van der Waals surface area (Å²) >= 11 is 0. The molecule has 0 spiro atoms. The number of carboxylic acid groups (broad SMARTS) is 1. The van der Waals surface area contributed by atoms with Crippen LogP contribution in [0.3, 0.4) is 0 Å². The highest BCUT2D eigenvalue weighted by Gasteiger charge is 2.55. The lowest BCUT2D eigenvalue weighted by molar-refractivity contribution is -0.149. The average Bonchev–Trinajstić information content (AvgIpc) is 3.06. The van der Waals surface area contributed by atoms with E-state index in [1.54, 1.807) is 0 Å². The van der Waals surface area contributed by atoms with Crippen molar-refractivity contribution in [3.8, 4) is 0 Å². The van der Waals surface area contributed by atoms with Crippen LogP contribution >= 0.6 is 0 Å². The Hall–Kier alpha value is -2.08. The summed E-state index contributed by atoms with van der Waals surface area (Å²) in [6.45, 7) is 0. The fourth-order valence-electron chi connectivity index (χ4n) is 5.93. The van der Waals surface area contributed by atoms with E-state index >= 15 is 0 Å². The van der Waals surface area contributed by atoms with Gasteiger partial charge in [-0.05, 0) is 55.9 Å². The number of hydrogen-bond acceptors (Lipinski definition) is 4. The minimum atomic E-state index is -0.935. The van der Waals surface area contributed by atoms with Gasteiger partial charge in [0.25, 0.3) is 0 Å². The maximum absolute atomic E-state index is 11.7. The van der Waals surface area contributed by atoms with Crippen LogP contribution in [0.15, 0.2) is 18.5 Å². The number of nitrogens with zero attached hydrogens (tertiary/aromatic N) is 1. The van der Waals surface area contributed by atoms with E-state index in [2.05, 4.69) is 15.3 Å². The second-order valence-electron chi connectivity index (χ2n) is 8.12. The molecule has 4 saturated carbocycles. The molecule has 5 atom stereocenters. The maximum atomic E-state index is 11.7. The number of H-pyrrole nitrogens is 1. The lowest BCUT2D eigenvalue weighted by atomic mass is 9.52. The molecule has 6 heteroatoms. The molecule has 4 bridgehead atoms. The van der Waals surface area contributed by atoms with Crippen LogP contribution in [0.25, 0.3) is 11.0 Å². The fraction of sp³-hybridized carbons (Fsp3) is 0.579. The third-order valence-corrected chi connectivity index (χ3v) is 6.78. The number of fused-ring (bicyclic) bond motifs is 1. The molecule has 6 rings (SSSR count). The van der Waals surface area contributed by atoms with Crippen molar-refractivity contribution in [2.24, 2.45) is 17.8 Å². The summed E-state index contributed by atoms with van der Waals surface area (Å²) in [5.74, 6) is 0.930. The fourth-order valence-corrected chi connectivity index (χ4v) is 5.93. The highest BCUT2D eigenvalue weighted by atomic mass is 16.5. The molecule has 4 aliphatic rings. The Kier molecular flexibility index (Phi) is 3.17. The summed E-state index contributed by atoms with van der Waals surface area (Å²) < 4.78 is 5.93. The number of pyridine rings is 1. The van der Waals surface area contributed by atoms with E-state index in [1.165, 1.54) is 25.5 Å². The first-order valence-electron chi connectivity index (χ1n) is 9.10. The molecule has 2 aromatic rings. The monoisotopic (exact) mass is 341 g/mol. The Morgan fingerprint density at radius 1 is 1.36 bits per heavy atom. The third-order valence-electron chi connectivity index (χ3n) is 6.78. The van der Waals surface area contributed by atoms with E-state index < -0.39 is 5.97 Å². The minimum Gasteiger partial charge on any atom is -0.478 e. The number of aromatic carboxylic acids is 1. The summed E-state index contributed by atoms with van der Waals surface area (Å²) in [5.41, 5.74) is 1.75. The number of hydrogen-bond donors (Lipinski definition) is 3. The van der Waals surface area contributed by atoms with Gasteiger partial charge in [-0.25, -0.2) is 9.78 Å². The standard InChI is InChI=1S/C19H23N3O3/c1-25-19-6-10-4-11(7-19)15(12(5-10)8-19)22-16-13-2-3-20-17(13)21-9-14(16)18(23)24/h2-3,9-12,15H,4-8H2,1H3,(H,23,24)(H2,20,21,22)/t10?,11-,12+,15?,19?. The van der Waals surface area contributed by atoms with Gasteiger partial charge in [0.15, 0.2) is 0 Å². The predicted octanol–water partition coefficient (Wildman–Crippen LogP) is 3.27. The van der Waals surface area contributed by atoms with E-state index in [9.17, 15) is 9.90 Å². The molecule has 4 aliphatic carbocycles. The number of rotatable bonds is 4. The van der Waals surface area contributed by atoms with Gasteiger partial charge in [-0.2, -0.15) is 0 Å². The van der Waals surface area contributed by atoms with Crippen LogP contribution in [0.4, 0.5) is 5.69 Å². The largest absolute Gasteiger partial charge is 0.478 e. The van der Waals surface area contributed by atoms with Gasteiger partial charge in [0.05, 0.1) is 11.3 Å². The quantitative estimate of drug-likeness (QED) is 0.794. The lowest BCUT2D eigenvalue weighted by Crippen LogP contribution is -2.59. The first kappa shape index (κ1) is 15.2. The molecular formula is C19H23N3O3. The van der Waals surface area contributed by atoms with Crippen LogP contribution in [0.2, 0.25) is 0 Å². The number of anilines is 1. The first-order valence-corrected chi connectivity index (χ1v) is 9.10. The Labute approximate surface area is 146 Å². The predicted molar refractivity (Wildman–Crippen MR) is 93.8 cm³/mol. The van der Waals surface area contributed by atoms with E-state index in [-0.39, 0.29) is 11.2 Å². The Morgan fingerprint density at radius 2 is 2.12 bits per heavy atom. The first-order chi connectivity index (χ1) is 12.1. The number of aromatic nitrogens is 2. The molecular weight excluding hydrogens is 318 g/mol. The highest BCUT2D eigenvalue weighted by molar-refractivity contribution is 6.03. The lowest BCUT2D eigenvalue weighted by Gasteiger charge is -2.59. The molecule has 3 unspecified atom stereocenters. The normalized spacial score (nSPS) is 36.0. The molecule has 4 fully saturated rings. The molecule has 6 nitrogen and oxygen atoms in total. The van der Waals surface area contributed by atoms with E-state index in [1.807, 2.05) is 19.4 Å². The van der Waals surface area contributed by atoms with Gasteiger partial charge in [-0.1, -0.05) is 0 Å². The molecule has 2 aromatic heterocycles. The van der Waals surface area contributed by atoms with Gasteiger partial charge in [-0.3, -0.25) is 0 Å². The van der Waals surface area contributed by atoms with Gasteiger partial charge in [0.1, 0.15) is 11.2 Å². The molecule has 0 aromatic carbocycles. The Morgan fingerprint density at radius 3 is 2.80 bits per heavy atom. The van der Waals surface area contributed by atoms with Gasteiger partial charge in [-0.15, -0.1) is 0 Å². The molecule has 2 heterocycles. The van der Waals surface area contributed by atoms with Crippen molar-refractivity contribution in [3.63, 3.8) is 0 Å². The number of nitrogens with one attached hydrogen (secondary N) is 2. The summed E-state index contributed by atoms with van der Waals surface area (Å²) in [4.78, 5) is 19.0. The van der Waals surface area contributed by atoms with Gasteiger partial charge in [0.2, 0.25) is 0 Å². The van der Waals surface area contributed by atoms with Gasteiger partial charge < -0.3 is 20.1 Å². The molecule has 3 N–H and O–H groups in total. The molecule has 0 amide bonds. The smallest absolute Gasteiger partial charge is 0.339 e. The van der Waals surface area contributed by atoms with Crippen molar-refractivity contribution < 1.29 is 14.6 Å². The van der Waals surface area contributed by atoms with Crippen molar-refractivity contribution in [2.45, 2.75) is 43.7 Å². The van der Waals surface area contributed by atoms with Gasteiger partial charge >= 0.3 is 5.97 Å². The van der Waals surface area contributed by atoms with E-state index in [0.717, 1.165) is 29.8 Å². The van der Waals surface area contributed by atoms with Crippen LogP contribution in [0, 0.1) is 17.8 Å². The molecule has 0 aliphatic heterocycles. The zero-order valence-electron chi connectivity index (χ0n) is 14.3. The van der Waals surface area contributed by atoms with Crippen molar-refractivity contribution >= 4 is 22.7 Å². The summed E-state index contributed by atoms with van der Waals surface area (Å²) in [5, 5.41) is 14.1. The summed E-state index contributed by atoms with van der Waals surface area (Å²) in [6.07, 6.45) is 9.07. The van der Waals surface area contributed by atoms with Crippen molar-refractivity contribution in [2.75, 3.05) is 12.4 Å². The van der Waals surface area contributed by atoms with Crippen molar-refractivity contribution in [1.82, 2.24) is 9.97 Å². The average molecular weight is 341 g/mol. The number of methoxy groups -OCH3 is 1. The Balaban J connectivity index is 1.52. The SMILES string of the molecule is COC12CC3C[C@H](C1)C(Nc1c(C(=O)O)cnc4[nH]ccc14)[C@@H](C3)C2. The topological polar surface area (TPSA) is 87.2 Å². The Bertz CT molecular complexity index is 830. The van der Waals surface area contributed by atoms with Crippen LogP contribution in [0.5, 0.6) is 0 Å². The summed E-state index contributed by atoms with van der Waals surface area (Å²) in [7, 11) is 1.85. The van der Waals surface area contributed by atoms with Crippen LogP contribution in [0.1, 0.15) is 42.5 Å². The molecule has 25 heavy (non-hydrogen) atoms. The van der Waals surface area contributed by atoms with Gasteiger partial charge in [0, 0.05) is 30.9 Å². The molecule has 132 valence electrons. The molecule has 0 saturated heterocycles. The maximum Gasteiger partial charge on any atom is 0.339 e. The van der Waals surface area contributed by atoms with Crippen LogP contribution in [-0.4, -0.2) is 39.8 Å². The van der Waals surface area contributed by atoms with Crippen molar-refractivity contribution in [3.05, 3.63) is 24.0 Å². The second-order valence-corrected chi connectivity index (χ2v) is 8.12. The number of aromatic amines is 1. The van der Waals surface area contributed by atoms with Crippen molar-refractivity contribution in [1.29, 1.82) is 0 Å².